The van der Waals surface area contributed by atoms with E-state index in [0.717, 1.165) is 22.4 Å². The summed E-state index contributed by atoms with van der Waals surface area (Å²) in [5.41, 5.74) is 4.53. The van der Waals surface area contributed by atoms with E-state index >= 15 is 0 Å². The van der Waals surface area contributed by atoms with Crippen LogP contribution in [0.1, 0.15) is 17.2 Å². The maximum Gasteiger partial charge on any atom is 0.271 e. The summed E-state index contributed by atoms with van der Waals surface area (Å²) < 4.78 is 2.03. The minimum absolute atomic E-state index is 0.0323. The SMILES string of the molecule is Cc1cccc(NCc2nnc(SCc3nc4ccc([N+](=O)[O-])cc4[nH]3)n2-c2ccccc2)c1. The molecule has 9 nitrogen and oxygen atoms in total. The number of aromatic amines is 1. The van der Waals surface area contributed by atoms with Crippen LogP contribution in [0, 0.1) is 17.0 Å². The summed E-state index contributed by atoms with van der Waals surface area (Å²) >= 11 is 1.50. The lowest BCUT2D eigenvalue weighted by molar-refractivity contribution is -0.384. The Bertz CT molecular complexity index is 1460. The van der Waals surface area contributed by atoms with Crippen molar-refractivity contribution >= 4 is 34.2 Å². The molecule has 5 aromatic rings. The summed E-state index contributed by atoms with van der Waals surface area (Å²) in [6.45, 7) is 2.57. The number of para-hydroxylation sites is 1. The van der Waals surface area contributed by atoms with E-state index in [4.69, 9.17) is 0 Å². The fourth-order valence-electron chi connectivity index (χ4n) is 3.65. The van der Waals surface area contributed by atoms with E-state index in [9.17, 15) is 10.1 Å². The first kappa shape index (κ1) is 21.7. The van der Waals surface area contributed by atoms with Gasteiger partial charge in [-0.05, 0) is 42.8 Å². The Labute approximate surface area is 199 Å². The fourth-order valence-corrected chi connectivity index (χ4v) is 4.49. The number of nitrogens with zero attached hydrogens (tertiary/aromatic N) is 5. The minimum Gasteiger partial charge on any atom is -0.378 e. The van der Waals surface area contributed by atoms with Crippen LogP contribution < -0.4 is 5.32 Å². The highest BCUT2D eigenvalue weighted by Gasteiger charge is 2.16. The van der Waals surface area contributed by atoms with Crippen molar-refractivity contribution < 1.29 is 4.92 Å². The summed E-state index contributed by atoms with van der Waals surface area (Å²) in [7, 11) is 0. The molecule has 0 atom stereocenters. The molecular formula is C24H21N7O2S. The standard InChI is InChI=1S/C24H21N7O2S/c1-16-6-5-7-17(12-16)25-14-23-28-29-24(30(23)18-8-3-2-4-9-18)34-15-22-26-20-11-10-19(31(32)33)13-21(20)27-22/h2-13,25H,14-15H2,1H3,(H,26,27). The molecule has 0 amide bonds. The zero-order valence-electron chi connectivity index (χ0n) is 18.3. The zero-order valence-corrected chi connectivity index (χ0v) is 19.1. The van der Waals surface area contributed by atoms with Crippen LogP contribution in [-0.4, -0.2) is 29.7 Å². The van der Waals surface area contributed by atoms with Crippen molar-refractivity contribution in [2.24, 2.45) is 0 Å². The van der Waals surface area contributed by atoms with Crippen LogP contribution in [0.4, 0.5) is 11.4 Å². The van der Waals surface area contributed by atoms with Crippen LogP contribution in [0.3, 0.4) is 0 Å². The molecule has 0 aliphatic carbocycles. The molecule has 2 heterocycles. The van der Waals surface area contributed by atoms with Gasteiger partial charge >= 0.3 is 0 Å². The molecule has 0 saturated carbocycles. The predicted molar refractivity (Wildman–Crippen MR) is 132 cm³/mol. The van der Waals surface area contributed by atoms with Crippen molar-refractivity contribution in [3.8, 4) is 5.69 Å². The molecule has 0 aliphatic heterocycles. The van der Waals surface area contributed by atoms with Crippen LogP contribution >= 0.6 is 11.8 Å². The number of aryl methyl sites for hydroxylation is 1. The first-order valence-corrected chi connectivity index (χ1v) is 11.6. The molecule has 0 aliphatic rings. The van der Waals surface area contributed by atoms with E-state index < -0.39 is 4.92 Å². The van der Waals surface area contributed by atoms with E-state index in [2.05, 4.69) is 44.5 Å². The van der Waals surface area contributed by atoms with Gasteiger partial charge in [-0.3, -0.25) is 14.7 Å². The largest absolute Gasteiger partial charge is 0.378 e. The van der Waals surface area contributed by atoms with Crippen LogP contribution in [0.25, 0.3) is 16.7 Å². The number of nitrogens with one attached hydrogen (secondary N) is 2. The van der Waals surface area contributed by atoms with E-state index in [1.165, 1.54) is 29.5 Å². The van der Waals surface area contributed by atoms with Gasteiger partial charge in [0.25, 0.3) is 5.69 Å². The molecule has 0 radical (unpaired) electrons. The van der Waals surface area contributed by atoms with E-state index in [-0.39, 0.29) is 5.69 Å². The number of imidazole rings is 1. The smallest absolute Gasteiger partial charge is 0.271 e. The van der Waals surface area contributed by atoms with E-state index in [1.54, 1.807) is 6.07 Å². The average Bonchev–Trinajstić information content (AvgIpc) is 3.45. The van der Waals surface area contributed by atoms with Crippen LogP contribution in [0.5, 0.6) is 0 Å². The number of anilines is 1. The third kappa shape index (κ3) is 4.62. The average molecular weight is 472 g/mol. The Morgan fingerprint density at radius 1 is 1.06 bits per heavy atom. The molecule has 0 unspecified atom stereocenters. The van der Waals surface area contributed by atoms with Crippen molar-refractivity contribution in [1.29, 1.82) is 0 Å². The van der Waals surface area contributed by atoms with Gasteiger partial charge in [-0.1, -0.05) is 42.1 Å². The lowest BCUT2D eigenvalue weighted by Crippen LogP contribution is -2.08. The fraction of sp³-hybridized carbons (Fsp3) is 0.125. The third-order valence-corrected chi connectivity index (χ3v) is 6.19. The molecule has 0 saturated heterocycles. The second-order valence-electron chi connectivity index (χ2n) is 7.72. The van der Waals surface area contributed by atoms with Gasteiger partial charge in [0.2, 0.25) is 0 Å². The molecule has 170 valence electrons. The van der Waals surface area contributed by atoms with Crippen molar-refractivity contribution in [2.45, 2.75) is 24.4 Å². The van der Waals surface area contributed by atoms with Crippen LogP contribution in [0.2, 0.25) is 0 Å². The molecule has 0 bridgehead atoms. The molecule has 2 aromatic heterocycles. The maximum atomic E-state index is 11.0. The summed E-state index contributed by atoms with van der Waals surface area (Å²) in [5.74, 6) is 2.01. The first-order valence-electron chi connectivity index (χ1n) is 10.6. The summed E-state index contributed by atoms with van der Waals surface area (Å²) in [6.07, 6.45) is 0. The highest BCUT2D eigenvalue weighted by atomic mass is 32.2. The topological polar surface area (TPSA) is 115 Å². The first-order chi connectivity index (χ1) is 16.6. The predicted octanol–water partition coefficient (Wildman–Crippen LogP) is 5.26. The Morgan fingerprint density at radius 3 is 2.71 bits per heavy atom. The second-order valence-corrected chi connectivity index (χ2v) is 8.67. The van der Waals surface area contributed by atoms with Gasteiger partial charge in [-0.2, -0.15) is 0 Å². The van der Waals surface area contributed by atoms with Gasteiger partial charge in [0.15, 0.2) is 11.0 Å². The quantitative estimate of drug-likeness (QED) is 0.180. The number of rotatable bonds is 8. The van der Waals surface area contributed by atoms with Gasteiger partial charge in [0.05, 0.1) is 28.3 Å². The Hall–Kier alpha value is -4.18. The number of fused-ring (bicyclic) bond motifs is 1. The highest BCUT2D eigenvalue weighted by molar-refractivity contribution is 7.98. The lowest BCUT2D eigenvalue weighted by Gasteiger charge is -2.11. The van der Waals surface area contributed by atoms with Crippen molar-refractivity contribution in [2.75, 3.05) is 5.32 Å². The number of aromatic nitrogens is 5. The number of H-pyrrole nitrogens is 1. The number of thioether (sulfide) groups is 1. The number of nitro groups is 1. The van der Waals surface area contributed by atoms with Gasteiger partial charge in [-0.25, -0.2) is 4.98 Å². The zero-order chi connectivity index (χ0) is 23.5. The Balaban J connectivity index is 1.39. The van der Waals surface area contributed by atoms with Gasteiger partial charge in [0.1, 0.15) is 5.82 Å². The van der Waals surface area contributed by atoms with Gasteiger partial charge in [0, 0.05) is 23.5 Å². The van der Waals surface area contributed by atoms with Crippen LogP contribution in [-0.2, 0) is 12.3 Å². The third-order valence-electron chi connectivity index (χ3n) is 5.25. The van der Waals surface area contributed by atoms with Crippen LogP contribution in [0.15, 0.2) is 78.0 Å². The van der Waals surface area contributed by atoms with Crippen molar-refractivity contribution in [3.05, 3.63) is 100 Å². The Kier molecular flexibility index (Phi) is 5.96. The minimum atomic E-state index is -0.413. The van der Waals surface area contributed by atoms with E-state index in [0.29, 0.717) is 29.2 Å². The summed E-state index contributed by atoms with van der Waals surface area (Å²) in [6, 6.07) is 22.8. The normalized spacial score (nSPS) is 11.1. The second kappa shape index (κ2) is 9.36. The van der Waals surface area contributed by atoms with Gasteiger partial charge < -0.3 is 10.3 Å². The molecule has 34 heavy (non-hydrogen) atoms. The molecule has 3 aromatic carbocycles. The molecule has 5 rings (SSSR count). The number of nitro benzene ring substituents is 1. The Morgan fingerprint density at radius 2 is 1.91 bits per heavy atom. The maximum absolute atomic E-state index is 11.0. The van der Waals surface area contributed by atoms with Gasteiger partial charge in [-0.15, -0.1) is 10.2 Å². The summed E-state index contributed by atoms with van der Waals surface area (Å²) in [4.78, 5) is 18.4. The molecular weight excluding hydrogens is 450 g/mol. The van der Waals surface area contributed by atoms with Crippen molar-refractivity contribution in [3.63, 3.8) is 0 Å². The molecule has 10 heteroatoms. The number of non-ortho nitro benzene ring substituents is 1. The lowest BCUT2D eigenvalue weighted by atomic mass is 10.2. The monoisotopic (exact) mass is 471 g/mol. The van der Waals surface area contributed by atoms with Crippen molar-refractivity contribution in [1.82, 2.24) is 24.7 Å². The number of hydrogen-bond donors (Lipinski definition) is 2. The number of hydrogen-bond acceptors (Lipinski definition) is 7. The highest BCUT2D eigenvalue weighted by Crippen LogP contribution is 2.27. The number of benzene rings is 3. The summed E-state index contributed by atoms with van der Waals surface area (Å²) in [5, 5.41) is 24.1. The molecule has 0 spiro atoms. The molecule has 2 N–H and O–H groups in total. The molecule has 0 fully saturated rings. The van der Waals surface area contributed by atoms with E-state index in [1.807, 2.05) is 47.0 Å².